The van der Waals surface area contributed by atoms with E-state index in [1.165, 1.54) is 0 Å². The van der Waals surface area contributed by atoms with E-state index >= 15 is 0 Å². The summed E-state index contributed by atoms with van der Waals surface area (Å²) in [6.45, 7) is 3.64. The molecule has 1 fully saturated rings. The third kappa shape index (κ3) is 3.71. The minimum atomic E-state index is 0.614. The van der Waals surface area contributed by atoms with Gasteiger partial charge >= 0.3 is 0 Å². The van der Waals surface area contributed by atoms with E-state index in [1.54, 1.807) is 0 Å². The first-order valence-corrected chi connectivity index (χ1v) is 10.2. The Morgan fingerprint density at radius 2 is 1.63 bits per heavy atom. The molecule has 0 amide bonds. The van der Waals surface area contributed by atoms with Gasteiger partial charge in [-0.05, 0) is 12.1 Å². The summed E-state index contributed by atoms with van der Waals surface area (Å²) in [5, 5.41) is 8.20. The Morgan fingerprint density at radius 3 is 2.40 bits per heavy atom. The smallest absolute Gasteiger partial charge is 0.172 e. The van der Waals surface area contributed by atoms with E-state index in [0.717, 1.165) is 52.6 Å². The zero-order valence-electron chi connectivity index (χ0n) is 17.0. The monoisotopic (exact) mass is 400 g/mol. The first-order chi connectivity index (χ1) is 14.8. The van der Waals surface area contributed by atoms with E-state index in [9.17, 15) is 0 Å². The molecule has 7 heteroatoms. The second kappa shape index (κ2) is 8.12. The van der Waals surface area contributed by atoms with E-state index in [2.05, 4.69) is 33.6 Å². The van der Waals surface area contributed by atoms with Gasteiger partial charge in [-0.3, -0.25) is 4.68 Å². The standard InChI is InChI=1S/C23H24N6O/c1-28-16-18(21(27-28)17-7-3-2-4-8-17)15-24-22-23(29-11-13-30-14-12-29)26-20-10-6-5-9-19(20)25-22/h2-10,16H,11-15H2,1H3,(H,24,25). The number of hydrogen-bond donors (Lipinski definition) is 1. The molecule has 1 aliphatic heterocycles. The van der Waals surface area contributed by atoms with E-state index in [-0.39, 0.29) is 0 Å². The van der Waals surface area contributed by atoms with Crippen molar-refractivity contribution in [3.63, 3.8) is 0 Å². The zero-order chi connectivity index (χ0) is 20.3. The number of anilines is 2. The normalized spacial score (nSPS) is 14.2. The van der Waals surface area contributed by atoms with Crippen LogP contribution in [-0.4, -0.2) is 46.1 Å². The third-order valence-corrected chi connectivity index (χ3v) is 5.26. The molecule has 0 atom stereocenters. The van der Waals surface area contributed by atoms with Crippen LogP contribution in [0.25, 0.3) is 22.3 Å². The molecule has 30 heavy (non-hydrogen) atoms. The van der Waals surface area contributed by atoms with Crippen molar-refractivity contribution in [1.29, 1.82) is 0 Å². The van der Waals surface area contributed by atoms with E-state index in [1.807, 2.05) is 54.2 Å². The first kappa shape index (κ1) is 18.6. The maximum Gasteiger partial charge on any atom is 0.172 e. The van der Waals surface area contributed by atoms with Gasteiger partial charge in [0.2, 0.25) is 0 Å². The third-order valence-electron chi connectivity index (χ3n) is 5.26. The molecule has 3 heterocycles. The number of nitrogens with one attached hydrogen (secondary N) is 1. The van der Waals surface area contributed by atoms with Gasteiger partial charge in [-0.1, -0.05) is 42.5 Å². The van der Waals surface area contributed by atoms with Crippen LogP contribution in [0.15, 0.2) is 60.8 Å². The molecule has 2 aromatic carbocycles. The number of benzene rings is 2. The van der Waals surface area contributed by atoms with Gasteiger partial charge in [0.05, 0.1) is 29.9 Å². The highest BCUT2D eigenvalue weighted by atomic mass is 16.5. The molecule has 0 saturated carbocycles. The quantitative estimate of drug-likeness (QED) is 0.553. The molecule has 4 aromatic rings. The fourth-order valence-electron chi connectivity index (χ4n) is 3.79. The summed E-state index contributed by atoms with van der Waals surface area (Å²) in [5.41, 5.74) is 4.98. The SMILES string of the molecule is Cn1cc(CNc2nc3ccccc3nc2N2CCOCC2)c(-c2ccccc2)n1. The highest BCUT2D eigenvalue weighted by molar-refractivity contribution is 5.80. The van der Waals surface area contributed by atoms with Gasteiger partial charge in [-0.2, -0.15) is 5.10 Å². The van der Waals surface area contributed by atoms with Crippen LogP contribution in [0, 0.1) is 0 Å². The highest BCUT2D eigenvalue weighted by Gasteiger charge is 2.19. The van der Waals surface area contributed by atoms with Crippen molar-refractivity contribution in [1.82, 2.24) is 19.7 Å². The lowest BCUT2D eigenvalue weighted by Crippen LogP contribution is -2.37. The van der Waals surface area contributed by atoms with Crippen LogP contribution in [0.1, 0.15) is 5.56 Å². The minimum absolute atomic E-state index is 0.614. The minimum Gasteiger partial charge on any atom is -0.378 e. The van der Waals surface area contributed by atoms with Gasteiger partial charge in [-0.15, -0.1) is 0 Å². The van der Waals surface area contributed by atoms with Gasteiger partial charge in [0.1, 0.15) is 0 Å². The van der Waals surface area contributed by atoms with Gasteiger partial charge in [0.15, 0.2) is 11.6 Å². The second-order valence-corrected chi connectivity index (χ2v) is 7.38. The van der Waals surface area contributed by atoms with E-state index < -0.39 is 0 Å². The summed E-state index contributed by atoms with van der Waals surface area (Å²) < 4.78 is 7.38. The molecule has 1 saturated heterocycles. The van der Waals surface area contributed by atoms with Crippen LogP contribution in [0.4, 0.5) is 11.6 Å². The maximum atomic E-state index is 5.52. The van der Waals surface area contributed by atoms with Crippen LogP contribution in [0.5, 0.6) is 0 Å². The van der Waals surface area contributed by atoms with Gasteiger partial charge in [0, 0.05) is 44.0 Å². The maximum absolute atomic E-state index is 5.52. The number of aromatic nitrogens is 4. The van der Waals surface area contributed by atoms with Gasteiger partial charge in [0.25, 0.3) is 0 Å². The topological polar surface area (TPSA) is 68.1 Å². The molecular formula is C23H24N6O. The van der Waals surface area contributed by atoms with E-state index in [4.69, 9.17) is 14.7 Å². The Morgan fingerprint density at radius 1 is 0.933 bits per heavy atom. The summed E-state index contributed by atoms with van der Waals surface area (Å²) in [5.74, 6) is 1.67. The summed E-state index contributed by atoms with van der Waals surface area (Å²) in [6.07, 6.45) is 2.05. The number of nitrogens with zero attached hydrogens (tertiary/aromatic N) is 5. The Bertz CT molecular complexity index is 1150. The van der Waals surface area contributed by atoms with Crippen molar-refractivity contribution in [2.45, 2.75) is 6.54 Å². The average Bonchev–Trinajstić information content (AvgIpc) is 3.18. The lowest BCUT2D eigenvalue weighted by atomic mass is 10.1. The Hall–Kier alpha value is -3.45. The molecule has 0 spiro atoms. The summed E-state index contributed by atoms with van der Waals surface area (Å²) in [7, 11) is 1.95. The van der Waals surface area contributed by atoms with Gasteiger partial charge in [-0.25, -0.2) is 9.97 Å². The number of morpholine rings is 1. The lowest BCUT2D eigenvalue weighted by Gasteiger charge is -2.29. The molecule has 2 aromatic heterocycles. The largest absolute Gasteiger partial charge is 0.378 e. The van der Waals surface area contributed by atoms with E-state index in [0.29, 0.717) is 19.8 Å². The lowest BCUT2D eigenvalue weighted by molar-refractivity contribution is 0.122. The Kier molecular flexibility index (Phi) is 5.03. The van der Waals surface area contributed by atoms with Crippen LogP contribution in [0.3, 0.4) is 0 Å². The molecule has 0 unspecified atom stereocenters. The van der Waals surface area contributed by atoms with Crippen molar-refractivity contribution in [3.05, 3.63) is 66.4 Å². The molecule has 5 rings (SSSR count). The summed E-state index contributed by atoms with van der Waals surface area (Å²) in [6, 6.07) is 18.2. The fraction of sp³-hybridized carbons (Fsp3) is 0.261. The van der Waals surface area contributed by atoms with Crippen LogP contribution >= 0.6 is 0 Å². The first-order valence-electron chi connectivity index (χ1n) is 10.2. The molecule has 0 aliphatic carbocycles. The van der Waals surface area contributed by atoms with Crippen LogP contribution in [-0.2, 0) is 18.3 Å². The molecule has 152 valence electrons. The molecule has 1 aliphatic rings. The molecule has 0 radical (unpaired) electrons. The highest BCUT2D eigenvalue weighted by Crippen LogP contribution is 2.28. The second-order valence-electron chi connectivity index (χ2n) is 7.38. The Labute approximate surface area is 175 Å². The molecule has 7 nitrogen and oxygen atoms in total. The number of ether oxygens (including phenoxy) is 1. The molecular weight excluding hydrogens is 376 g/mol. The van der Waals surface area contributed by atoms with Crippen LogP contribution < -0.4 is 10.2 Å². The predicted molar refractivity (Wildman–Crippen MR) is 119 cm³/mol. The number of fused-ring (bicyclic) bond motifs is 1. The van der Waals surface area contributed by atoms with Crippen molar-refractivity contribution in [3.8, 4) is 11.3 Å². The van der Waals surface area contributed by atoms with Crippen molar-refractivity contribution in [2.75, 3.05) is 36.5 Å². The average molecular weight is 400 g/mol. The summed E-state index contributed by atoms with van der Waals surface area (Å²) >= 11 is 0. The number of aryl methyl sites for hydroxylation is 1. The Balaban J connectivity index is 1.48. The fourth-order valence-corrected chi connectivity index (χ4v) is 3.79. The number of hydrogen-bond acceptors (Lipinski definition) is 6. The predicted octanol–water partition coefficient (Wildman–Crippen LogP) is 3.48. The zero-order valence-corrected chi connectivity index (χ0v) is 17.0. The molecule has 0 bridgehead atoms. The van der Waals surface area contributed by atoms with Crippen molar-refractivity contribution < 1.29 is 4.74 Å². The van der Waals surface area contributed by atoms with Gasteiger partial charge < -0.3 is 15.0 Å². The van der Waals surface area contributed by atoms with Crippen molar-refractivity contribution in [2.24, 2.45) is 7.05 Å². The van der Waals surface area contributed by atoms with Crippen LogP contribution in [0.2, 0.25) is 0 Å². The number of rotatable bonds is 5. The summed E-state index contributed by atoms with van der Waals surface area (Å²) in [4.78, 5) is 12.1. The molecule has 1 N–H and O–H groups in total. The number of para-hydroxylation sites is 2. The van der Waals surface area contributed by atoms with Crippen molar-refractivity contribution >= 4 is 22.7 Å².